The molecule has 2 aliphatic heterocycles. The van der Waals surface area contributed by atoms with E-state index in [9.17, 15) is 9.59 Å². The van der Waals surface area contributed by atoms with E-state index in [2.05, 4.69) is 16.5 Å². The molecule has 2 aromatic carbocycles. The Labute approximate surface area is 248 Å². The van der Waals surface area contributed by atoms with Gasteiger partial charge in [0.25, 0.3) is 0 Å². The molecule has 1 atom stereocenters. The number of fused-ring (bicyclic) bond motifs is 5. The molecular weight excluding hydrogens is 557 g/mol. The molecule has 10 heteroatoms. The number of rotatable bonds is 4. The molecular formula is C32H31ClFN5O3. The second-order valence-electron chi connectivity index (χ2n) is 11.1. The summed E-state index contributed by atoms with van der Waals surface area (Å²) in [4.78, 5) is 39.5. The summed E-state index contributed by atoms with van der Waals surface area (Å²) < 4.78 is 23.3. The average Bonchev–Trinajstić information content (AvgIpc) is 2.97. The van der Waals surface area contributed by atoms with Crippen molar-refractivity contribution in [1.29, 1.82) is 0 Å². The van der Waals surface area contributed by atoms with Crippen molar-refractivity contribution < 1.29 is 13.9 Å². The standard InChI is InChI=1S/C32H31ClFN5O3/c1-6-24(40)37-12-13-38(19(5)15-37)31-21-14-22(33)26-25-20(8-7-9-23(25)34)16-42-30(26)29(21)39(32(41)36-31)28-18(4)10-11-35-27(28)17(2)3/h6-11,14,17,19H,1,12-13,15-16H2,2-5H3/t19-/m0/s1. The molecule has 2 aromatic heterocycles. The number of pyridine rings is 1. The van der Waals surface area contributed by atoms with Gasteiger partial charge in [-0.1, -0.05) is 44.2 Å². The van der Waals surface area contributed by atoms with Crippen molar-refractivity contribution in [2.24, 2.45) is 0 Å². The fourth-order valence-electron chi connectivity index (χ4n) is 6.11. The van der Waals surface area contributed by atoms with Gasteiger partial charge in [0.15, 0.2) is 5.75 Å². The van der Waals surface area contributed by atoms with Crippen LogP contribution in [0.15, 0.2) is 54.0 Å². The molecule has 0 bridgehead atoms. The lowest BCUT2D eigenvalue weighted by Gasteiger charge is -2.40. The van der Waals surface area contributed by atoms with E-state index in [-0.39, 0.29) is 29.5 Å². The van der Waals surface area contributed by atoms with E-state index in [4.69, 9.17) is 16.3 Å². The number of carbonyl (C=O) groups excluding carboxylic acids is 1. The maximum absolute atomic E-state index is 15.4. The number of aryl methyl sites for hydroxylation is 1. The molecule has 0 aliphatic carbocycles. The van der Waals surface area contributed by atoms with Gasteiger partial charge in [0.2, 0.25) is 5.91 Å². The van der Waals surface area contributed by atoms with Crippen LogP contribution in [0.1, 0.15) is 43.5 Å². The zero-order valence-corrected chi connectivity index (χ0v) is 24.7. The van der Waals surface area contributed by atoms with Crippen molar-refractivity contribution in [3.05, 3.63) is 87.3 Å². The molecule has 0 radical (unpaired) electrons. The second-order valence-corrected chi connectivity index (χ2v) is 11.5. The third-order valence-corrected chi connectivity index (χ3v) is 8.40. The Balaban J connectivity index is 1.70. The fourth-order valence-corrected chi connectivity index (χ4v) is 6.40. The smallest absolute Gasteiger partial charge is 0.354 e. The number of aromatic nitrogens is 3. The fraction of sp³-hybridized carbons (Fsp3) is 0.312. The Kier molecular flexibility index (Phi) is 7.01. The second kappa shape index (κ2) is 10.5. The van der Waals surface area contributed by atoms with Crippen molar-refractivity contribution in [3.8, 4) is 22.6 Å². The minimum absolute atomic E-state index is 0.000705. The van der Waals surface area contributed by atoms with Crippen LogP contribution in [-0.2, 0) is 11.4 Å². The molecule has 216 valence electrons. The van der Waals surface area contributed by atoms with Gasteiger partial charge in [-0.25, -0.2) is 9.18 Å². The molecule has 8 nitrogen and oxygen atoms in total. The number of ether oxygens (including phenoxy) is 1. The molecule has 1 amide bonds. The monoisotopic (exact) mass is 587 g/mol. The Morgan fingerprint density at radius 3 is 2.74 bits per heavy atom. The SMILES string of the molecule is C=CC(=O)N1CCN(c2nc(=O)n(-c3c(C)ccnc3C(C)C)c3c4c(c(Cl)cc23)-c2c(F)cccc2CO4)[C@@H](C)C1. The maximum Gasteiger partial charge on any atom is 0.354 e. The van der Waals surface area contributed by atoms with E-state index >= 15 is 4.39 Å². The molecule has 0 unspecified atom stereocenters. The van der Waals surface area contributed by atoms with Gasteiger partial charge in [-0.2, -0.15) is 4.98 Å². The first-order valence-electron chi connectivity index (χ1n) is 14.0. The van der Waals surface area contributed by atoms with E-state index in [0.717, 1.165) is 11.3 Å². The number of amides is 1. The van der Waals surface area contributed by atoms with Crippen LogP contribution < -0.4 is 15.3 Å². The number of hydrogen-bond donors (Lipinski definition) is 0. The summed E-state index contributed by atoms with van der Waals surface area (Å²) in [5.74, 6) is 0.193. The highest BCUT2D eigenvalue weighted by molar-refractivity contribution is 6.35. The summed E-state index contributed by atoms with van der Waals surface area (Å²) in [6.07, 6.45) is 3.03. The van der Waals surface area contributed by atoms with Crippen molar-refractivity contribution in [2.75, 3.05) is 24.5 Å². The van der Waals surface area contributed by atoms with Gasteiger partial charge < -0.3 is 14.5 Å². The van der Waals surface area contributed by atoms with Gasteiger partial charge in [0, 0.05) is 53.9 Å². The van der Waals surface area contributed by atoms with Gasteiger partial charge in [-0.05, 0) is 49.6 Å². The normalized spacial score (nSPS) is 16.3. The number of benzene rings is 2. The molecule has 0 N–H and O–H groups in total. The Bertz CT molecular complexity index is 1840. The van der Waals surface area contributed by atoms with E-state index in [1.807, 2.05) is 38.7 Å². The van der Waals surface area contributed by atoms with Gasteiger partial charge in [0.1, 0.15) is 23.8 Å². The number of anilines is 1. The molecule has 2 aliphatic rings. The lowest BCUT2D eigenvalue weighted by atomic mass is 9.94. The molecule has 1 fully saturated rings. The van der Waals surface area contributed by atoms with Crippen LogP contribution in [0.4, 0.5) is 10.2 Å². The van der Waals surface area contributed by atoms with Crippen molar-refractivity contribution in [2.45, 2.75) is 46.3 Å². The van der Waals surface area contributed by atoms with E-state index in [1.165, 1.54) is 12.1 Å². The van der Waals surface area contributed by atoms with Gasteiger partial charge in [0.05, 0.1) is 16.4 Å². The highest BCUT2D eigenvalue weighted by Crippen LogP contribution is 2.49. The zero-order valence-electron chi connectivity index (χ0n) is 23.9. The van der Waals surface area contributed by atoms with Gasteiger partial charge in [-0.3, -0.25) is 14.3 Å². The number of piperazine rings is 1. The maximum atomic E-state index is 15.4. The lowest BCUT2D eigenvalue weighted by molar-refractivity contribution is -0.126. The number of carbonyl (C=O) groups is 1. The molecule has 0 saturated carbocycles. The lowest BCUT2D eigenvalue weighted by Crippen LogP contribution is -2.54. The molecule has 6 rings (SSSR count). The van der Waals surface area contributed by atoms with Crippen LogP contribution in [0.5, 0.6) is 5.75 Å². The number of hydrogen-bond acceptors (Lipinski definition) is 6. The van der Waals surface area contributed by atoms with Crippen LogP contribution in [0.25, 0.3) is 27.7 Å². The molecule has 4 aromatic rings. The third kappa shape index (κ3) is 4.34. The van der Waals surface area contributed by atoms with E-state index in [1.54, 1.807) is 33.9 Å². The highest BCUT2D eigenvalue weighted by atomic mass is 35.5. The minimum Gasteiger partial charge on any atom is -0.486 e. The Hall–Kier alpha value is -4.24. The highest BCUT2D eigenvalue weighted by Gasteiger charge is 2.33. The molecule has 0 spiro atoms. The predicted molar refractivity (Wildman–Crippen MR) is 162 cm³/mol. The summed E-state index contributed by atoms with van der Waals surface area (Å²) in [5, 5.41) is 0.878. The first kappa shape index (κ1) is 27.9. The first-order valence-corrected chi connectivity index (χ1v) is 14.3. The van der Waals surface area contributed by atoms with E-state index in [0.29, 0.717) is 64.5 Å². The Morgan fingerprint density at radius 1 is 1.24 bits per heavy atom. The van der Waals surface area contributed by atoms with Crippen LogP contribution in [0.2, 0.25) is 5.02 Å². The van der Waals surface area contributed by atoms with Crippen molar-refractivity contribution in [3.63, 3.8) is 0 Å². The number of halogens is 2. The van der Waals surface area contributed by atoms with Crippen LogP contribution in [0, 0.1) is 12.7 Å². The first-order chi connectivity index (χ1) is 20.1. The van der Waals surface area contributed by atoms with Gasteiger partial charge in [-0.15, -0.1) is 0 Å². The predicted octanol–water partition coefficient (Wildman–Crippen LogP) is 5.79. The summed E-state index contributed by atoms with van der Waals surface area (Å²) in [6.45, 7) is 13.0. The summed E-state index contributed by atoms with van der Waals surface area (Å²) in [6, 6.07) is 8.28. The van der Waals surface area contributed by atoms with Crippen molar-refractivity contribution in [1.82, 2.24) is 19.4 Å². The van der Waals surface area contributed by atoms with Crippen LogP contribution >= 0.6 is 11.6 Å². The van der Waals surface area contributed by atoms with Crippen LogP contribution in [0.3, 0.4) is 0 Å². The number of nitrogens with zero attached hydrogens (tertiary/aromatic N) is 5. The summed E-state index contributed by atoms with van der Waals surface area (Å²) in [5.41, 5.74) is 3.54. The third-order valence-electron chi connectivity index (χ3n) is 8.10. The van der Waals surface area contributed by atoms with Crippen molar-refractivity contribution >= 4 is 34.2 Å². The summed E-state index contributed by atoms with van der Waals surface area (Å²) >= 11 is 6.95. The Morgan fingerprint density at radius 2 is 2.02 bits per heavy atom. The average molecular weight is 588 g/mol. The van der Waals surface area contributed by atoms with Gasteiger partial charge >= 0.3 is 5.69 Å². The summed E-state index contributed by atoms with van der Waals surface area (Å²) in [7, 11) is 0. The molecule has 42 heavy (non-hydrogen) atoms. The topological polar surface area (TPSA) is 80.6 Å². The zero-order chi connectivity index (χ0) is 29.9. The molecule has 4 heterocycles. The van der Waals surface area contributed by atoms with Crippen LogP contribution in [-0.4, -0.2) is 51.0 Å². The largest absolute Gasteiger partial charge is 0.486 e. The minimum atomic E-state index is -0.514. The molecule has 1 saturated heterocycles. The quantitative estimate of drug-likeness (QED) is 0.281. The van der Waals surface area contributed by atoms with E-state index < -0.39 is 11.5 Å².